The van der Waals surface area contributed by atoms with Crippen LogP contribution in [0.3, 0.4) is 0 Å². The molecule has 5 nitrogen and oxygen atoms in total. The molecule has 2 atom stereocenters. The summed E-state index contributed by atoms with van der Waals surface area (Å²) >= 11 is 0. The fourth-order valence-corrected chi connectivity index (χ4v) is 2.59. The van der Waals surface area contributed by atoms with Gasteiger partial charge in [-0.2, -0.15) is 0 Å². The minimum Gasteiger partial charge on any atom is -0.407 e. The largest absolute Gasteiger partial charge is 0.407 e. The minimum absolute atomic E-state index is 0.489. The second-order valence-corrected chi connectivity index (χ2v) is 5.67. The molecule has 2 aliphatic carbocycles. The number of aromatic nitrogens is 2. The molecule has 1 aromatic heterocycles. The van der Waals surface area contributed by atoms with Crippen LogP contribution in [-0.4, -0.2) is 22.3 Å². The highest BCUT2D eigenvalue weighted by Crippen LogP contribution is 2.26. The highest BCUT2D eigenvalue weighted by molar-refractivity contribution is 5.20. The summed E-state index contributed by atoms with van der Waals surface area (Å²) in [5.74, 6) is 1.38. The van der Waals surface area contributed by atoms with E-state index in [9.17, 15) is 0 Å². The van der Waals surface area contributed by atoms with Gasteiger partial charge in [-0.05, 0) is 31.6 Å². The van der Waals surface area contributed by atoms with Crippen molar-refractivity contribution >= 4 is 6.01 Å². The van der Waals surface area contributed by atoms with Gasteiger partial charge in [0.25, 0.3) is 0 Å². The maximum Gasteiger partial charge on any atom is 0.315 e. The first-order chi connectivity index (χ1) is 8.81. The predicted molar refractivity (Wildman–Crippen MR) is 69.2 cm³/mol. The fraction of sp³-hybridized carbons (Fsp3) is 0.846. The maximum atomic E-state index is 5.62. The van der Waals surface area contributed by atoms with E-state index in [1.807, 2.05) is 0 Å². The Bertz CT molecular complexity index is 388. The summed E-state index contributed by atoms with van der Waals surface area (Å²) in [4.78, 5) is 0. The number of nitrogens with zero attached hydrogens (tertiary/aromatic N) is 2. The Kier molecular flexibility index (Phi) is 3.50. The zero-order valence-corrected chi connectivity index (χ0v) is 11.0. The van der Waals surface area contributed by atoms with Gasteiger partial charge in [-0.15, -0.1) is 5.10 Å². The molecule has 2 N–H and O–H groups in total. The molecule has 0 spiro atoms. The molecule has 2 aliphatic rings. The summed E-state index contributed by atoms with van der Waals surface area (Å²) in [7, 11) is 0. The van der Waals surface area contributed by atoms with Crippen molar-refractivity contribution in [3.63, 3.8) is 0 Å². The molecule has 100 valence electrons. The third-order valence-corrected chi connectivity index (χ3v) is 4.01. The van der Waals surface area contributed by atoms with Crippen molar-refractivity contribution in [3.05, 3.63) is 5.89 Å². The van der Waals surface area contributed by atoms with E-state index in [1.165, 1.54) is 38.5 Å². The van der Waals surface area contributed by atoms with Crippen LogP contribution in [0.5, 0.6) is 0 Å². The van der Waals surface area contributed by atoms with Crippen LogP contribution in [0.2, 0.25) is 0 Å². The molecule has 2 saturated carbocycles. The lowest BCUT2D eigenvalue weighted by Gasteiger charge is -2.28. The Balaban J connectivity index is 1.51. The van der Waals surface area contributed by atoms with Gasteiger partial charge in [-0.25, -0.2) is 0 Å². The molecule has 18 heavy (non-hydrogen) atoms. The molecule has 3 rings (SSSR count). The lowest BCUT2D eigenvalue weighted by atomic mass is 9.86. The third kappa shape index (κ3) is 3.02. The molecule has 1 aromatic rings. The van der Waals surface area contributed by atoms with Crippen LogP contribution < -0.4 is 10.6 Å². The summed E-state index contributed by atoms with van der Waals surface area (Å²) in [5, 5.41) is 14.9. The van der Waals surface area contributed by atoms with E-state index < -0.39 is 0 Å². The average Bonchev–Trinajstić information content (AvgIpc) is 3.10. The van der Waals surface area contributed by atoms with Gasteiger partial charge in [-0.3, -0.25) is 0 Å². The van der Waals surface area contributed by atoms with Gasteiger partial charge in [-0.1, -0.05) is 24.9 Å². The Labute approximate surface area is 108 Å². The van der Waals surface area contributed by atoms with Crippen molar-refractivity contribution in [1.82, 2.24) is 15.5 Å². The molecule has 0 bridgehead atoms. The van der Waals surface area contributed by atoms with E-state index in [-0.39, 0.29) is 0 Å². The fourth-order valence-electron chi connectivity index (χ4n) is 2.59. The first kappa shape index (κ1) is 12.0. The first-order valence-electron chi connectivity index (χ1n) is 7.13. The Morgan fingerprint density at radius 3 is 2.78 bits per heavy atom. The molecular formula is C13H22N4O. The van der Waals surface area contributed by atoms with Crippen LogP contribution in [-0.2, 0) is 6.54 Å². The monoisotopic (exact) mass is 250 g/mol. The molecule has 2 fully saturated rings. The van der Waals surface area contributed by atoms with Crippen LogP contribution in [0.25, 0.3) is 0 Å². The van der Waals surface area contributed by atoms with Crippen molar-refractivity contribution in [3.8, 4) is 0 Å². The SMILES string of the molecule is CC1CCCCC1Nc1nnc(CNC2CC2)o1. The molecule has 2 unspecified atom stereocenters. The average molecular weight is 250 g/mol. The maximum absolute atomic E-state index is 5.62. The number of anilines is 1. The number of nitrogens with one attached hydrogen (secondary N) is 2. The second-order valence-electron chi connectivity index (χ2n) is 5.67. The smallest absolute Gasteiger partial charge is 0.315 e. The highest BCUT2D eigenvalue weighted by atomic mass is 16.4. The van der Waals surface area contributed by atoms with Crippen LogP contribution in [0, 0.1) is 5.92 Å². The minimum atomic E-state index is 0.489. The van der Waals surface area contributed by atoms with Gasteiger partial charge < -0.3 is 15.1 Å². The van der Waals surface area contributed by atoms with Gasteiger partial charge in [0, 0.05) is 12.1 Å². The lowest BCUT2D eigenvalue weighted by molar-refractivity contribution is 0.341. The van der Waals surface area contributed by atoms with E-state index in [0.29, 0.717) is 36.5 Å². The highest BCUT2D eigenvalue weighted by Gasteiger charge is 2.23. The van der Waals surface area contributed by atoms with Gasteiger partial charge in [0.1, 0.15) is 0 Å². The van der Waals surface area contributed by atoms with Crippen molar-refractivity contribution in [2.45, 2.75) is 64.1 Å². The molecule has 0 saturated heterocycles. The Hall–Kier alpha value is -1.10. The number of rotatable bonds is 5. The first-order valence-corrected chi connectivity index (χ1v) is 7.13. The summed E-state index contributed by atoms with van der Waals surface area (Å²) in [5.41, 5.74) is 0. The summed E-state index contributed by atoms with van der Waals surface area (Å²) in [6.45, 7) is 2.99. The van der Waals surface area contributed by atoms with Crippen LogP contribution >= 0.6 is 0 Å². The quantitative estimate of drug-likeness (QED) is 0.839. The molecule has 1 heterocycles. The predicted octanol–water partition coefficient (Wildman–Crippen LogP) is 2.31. The second kappa shape index (κ2) is 5.26. The van der Waals surface area contributed by atoms with Gasteiger partial charge >= 0.3 is 6.01 Å². The number of hydrogen-bond donors (Lipinski definition) is 2. The normalized spacial score (nSPS) is 28.3. The van der Waals surface area contributed by atoms with Crippen LogP contribution in [0.1, 0.15) is 51.3 Å². The van der Waals surface area contributed by atoms with E-state index >= 15 is 0 Å². The zero-order chi connectivity index (χ0) is 12.4. The molecule has 0 aliphatic heterocycles. The number of hydrogen-bond acceptors (Lipinski definition) is 5. The van der Waals surface area contributed by atoms with Crippen molar-refractivity contribution in [2.75, 3.05) is 5.32 Å². The van der Waals surface area contributed by atoms with Crippen LogP contribution in [0.15, 0.2) is 4.42 Å². The topological polar surface area (TPSA) is 63.0 Å². The van der Waals surface area contributed by atoms with E-state index in [0.717, 1.165) is 0 Å². The molecule has 0 radical (unpaired) electrons. The zero-order valence-electron chi connectivity index (χ0n) is 11.0. The van der Waals surface area contributed by atoms with Crippen molar-refractivity contribution in [2.24, 2.45) is 5.92 Å². The summed E-state index contributed by atoms with van der Waals surface area (Å²) in [6.07, 6.45) is 7.70. The van der Waals surface area contributed by atoms with Crippen molar-refractivity contribution < 1.29 is 4.42 Å². The van der Waals surface area contributed by atoms with E-state index in [1.54, 1.807) is 0 Å². The third-order valence-electron chi connectivity index (χ3n) is 4.01. The standard InChI is InChI=1S/C13H22N4O/c1-9-4-2-3-5-11(9)15-13-17-16-12(18-13)8-14-10-6-7-10/h9-11,14H,2-8H2,1H3,(H,15,17). The summed E-state index contributed by atoms with van der Waals surface area (Å²) in [6, 6.07) is 1.75. The van der Waals surface area contributed by atoms with Gasteiger partial charge in [0.15, 0.2) is 0 Å². The Morgan fingerprint density at radius 2 is 2.00 bits per heavy atom. The molecular weight excluding hydrogens is 228 g/mol. The van der Waals surface area contributed by atoms with Crippen molar-refractivity contribution in [1.29, 1.82) is 0 Å². The summed E-state index contributed by atoms with van der Waals surface area (Å²) < 4.78 is 5.62. The Morgan fingerprint density at radius 1 is 1.17 bits per heavy atom. The van der Waals surface area contributed by atoms with Crippen LogP contribution in [0.4, 0.5) is 6.01 Å². The van der Waals surface area contributed by atoms with E-state index in [2.05, 4.69) is 27.8 Å². The molecule has 0 aromatic carbocycles. The molecule has 0 amide bonds. The van der Waals surface area contributed by atoms with E-state index in [4.69, 9.17) is 4.42 Å². The van der Waals surface area contributed by atoms with Gasteiger partial charge in [0.2, 0.25) is 5.89 Å². The lowest BCUT2D eigenvalue weighted by Crippen LogP contribution is -2.30. The van der Waals surface area contributed by atoms with Gasteiger partial charge in [0.05, 0.1) is 6.54 Å². The molecule has 5 heteroatoms.